The predicted molar refractivity (Wildman–Crippen MR) is 58.5 cm³/mol. The molecule has 0 spiro atoms. The zero-order chi connectivity index (χ0) is 10.8. The summed E-state index contributed by atoms with van der Waals surface area (Å²) < 4.78 is 0. The number of halogens is 1. The number of aromatic amines is 1. The van der Waals surface area contributed by atoms with Gasteiger partial charge in [0.15, 0.2) is 0 Å². The van der Waals surface area contributed by atoms with Crippen molar-refractivity contribution in [3.05, 3.63) is 40.8 Å². The van der Waals surface area contributed by atoms with Gasteiger partial charge in [0.1, 0.15) is 16.9 Å². The van der Waals surface area contributed by atoms with E-state index in [0.717, 1.165) is 11.1 Å². The highest BCUT2D eigenvalue weighted by atomic mass is 35.5. The molecule has 1 aromatic carbocycles. The molecule has 0 aliphatic carbocycles. The van der Waals surface area contributed by atoms with Crippen LogP contribution in [0.5, 0.6) is 0 Å². The lowest BCUT2D eigenvalue weighted by atomic mass is 10.1. The quantitative estimate of drug-likeness (QED) is 0.799. The molecule has 1 aromatic heterocycles. The summed E-state index contributed by atoms with van der Waals surface area (Å²) in [6.07, 6.45) is 0. The van der Waals surface area contributed by atoms with Crippen molar-refractivity contribution in [3.8, 4) is 17.3 Å². The number of nitriles is 1. The fraction of sp³-hybridized carbons (Fsp3) is 0.0909. The lowest BCUT2D eigenvalue weighted by Crippen LogP contribution is -1.83. The Morgan fingerprint density at radius 2 is 2.13 bits per heavy atom. The summed E-state index contributed by atoms with van der Waals surface area (Å²) in [7, 11) is 0. The van der Waals surface area contributed by atoms with Crippen LogP contribution >= 0.6 is 11.6 Å². The Morgan fingerprint density at radius 1 is 1.40 bits per heavy atom. The van der Waals surface area contributed by atoms with Crippen LogP contribution in [0, 0.1) is 18.3 Å². The van der Waals surface area contributed by atoms with Gasteiger partial charge in [-0.2, -0.15) is 5.26 Å². The van der Waals surface area contributed by atoms with Crippen LogP contribution in [0.1, 0.15) is 11.4 Å². The third-order valence-electron chi connectivity index (χ3n) is 2.17. The zero-order valence-electron chi connectivity index (χ0n) is 8.08. The molecule has 0 saturated heterocycles. The lowest BCUT2D eigenvalue weighted by molar-refractivity contribution is 1.23. The molecule has 0 unspecified atom stereocenters. The van der Waals surface area contributed by atoms with Crippen molar-refractivity contribution in [1.82, 2.24) is 9.97 Å². The Morgan fingerprint density at radius 3 is 2.73 bits per heavy atom. The van der Waals surface area contributed by atoms with Crippen molar-refractivity contribution in [1.29, 1.82) is 5.26 Å². The first-order valence-corrected chi connectivity index (χ1v) is 4.82. The minimum Gasteiger partial charge on any atom is -0.320 e. The largest absolute Gasteiger partial charge is 0.320 e. The van der Waals surface area contributed by atoms with Gasteiger partial charge in [-0.25, -0.2) is 4.98 Å². The van der Waals surface area contributed by atoms with E-state index in [2.05, 4.69) is 9.97 Å². The summed E-state index contributed by atoms with van der Waals surface area (Å²) in [5.41, 5.74) is 2.65. The minimum absolute atomic E-state index is 0.234. The van der Waals surface area contributed by atoms with E-state index in [0.29, 0.717) is 10.8 Å². The summed E-state index contributed by atoms with van der Waals surface area (Å²) in [5, 5.41) is 9.09. The van der Waals surface area contributed by atoms with Crippen molar-refractivity contribution in [3.63, 3.8) is 0 Å². The second kappa shape index (κ2) is 3.76. The van der Waals surface area contributed by atoms with Crippen LogP contribution in [0.25, 0.3) is 11.3 Å². The highest BCUT2D eigenvalue weighted by molar-refractivity contribution is 6.32. The van der Waals surface area contributed by atoms with Crippen LogP contribution in [-0.4, -0.2) is 9.97 Å². The number of nitrogens with one attached hydrogen (secondary N) is 1. The van der Waals surface area contributed by atoms with Gasteiger partial charge in [0.2, 0.25) is 5.82 Å². The number of H-pyrrole nitrogens is 1. The van der Waals surface area contributed by atoms with E-state index < -0.39 is 0 Å². The number of benzene rings is 1. The molecule has 2 aromatic rings. The van der Waals surface area contributed by atoms with Gasteiger partial charge in [-0.15, -0.1) is 0 Å². The van der Waals surface area contributed by atoms with Crippen LogP contribution in [0.3, 0.4) is 0 Å². The normalized spacial score (nSPS) is 9.93. The van der Waals surface area contributed by atoms with Gasteiger partial charge in [0, 0.05) is 5.56 Å². The number of imidazole rings is 1. The Kier molecular flexibility index (Phi) is 2.44. The molecule has 1 N–H and O–H groups in total. The van der Waals surface area contributed by atoms with Crippen molar-refractivity contribution in [2.45, 2.75) is 6.92 Å². The molecule has 2 rings (SSSR count). The molecule has 4 heteroatoms. The first kappa shape index (κ1) is 9.75. The van der Waals surface area contributed by atoms with Gasteiger partial charge in [0.25, 0.3) is 0 Å². The number of hydrogen-bond donors (Lipinski definition) is 1. The molecule has 74 valence electrons. The SMILES string of the molecule is Cc1ccccc1-c1nc(C#N)[nH]c1Cl. The van der Waals surface area contributed by atoms with Gasteiger partial charge < -0.3 is 4.98 Å². The number of hydrogen-bond acceptors (Lipinski definition) is 2. The van der Waals surface area contributed by atoms with Gasteiger partial charge in [-0.05, 0) is 12.5 Å². The van der Waals surface area contributed by atoms with Crippen LogP contribution in [0.2, 0.25) is 5.15 Å². The molecule has 3 nitrogen and oxygen atoms in total. The molecule has 0 saturated carbocycles. The summed E-state index contributed by atoms with van der Waals surface area (Å²) in [4.78, 5) is 6.82. The molecule has 0 aliphatic rings. The third kappa shape index (κ3) is 1.72. The highest BCUT2D eigenvalue weighted by Gasteiger charge is 2.11. The number of aromatic nitrogens is 2. The average Bonchev–Trinajstić information content (AvgIpc) is 2.60. The fourth-order valence-electron chi connectivity index (χ4n) is 1.42. The van der Waals surface area contributed by atoms with E-state index in [4.69, 9.17) is 16.9 Å². The molecule has 0 aliphatic heterocycles. The lowest BCUT2D eigenvalue weighted by Gasteiger charge is -2.01. The molecule has 0 atom stereocenters. The van der Waals surface area contributed by atoms with E-state index in [1.807, 2.05) is 37.3 Å². The Balaban J connectivity index is 2.60. The second-order valence-corrected chi connectivity index (χ2v) is 3.55. The molecule has 1 heterocycles. The number of nitrogens with zero attached hydrogens (tertiary/aromatic N) is 2. The smallest absolute Gasteiger partial charge is 0.211 e. The van der Waals surface area contributed by atoms with Crippen molar-refractivity contribution in [2.75, 3.05) is 0 Å². The van der Waals surface area contributed by atoms with E-state index in [1.54, 1.807) is 0 Å². The van der Waals surface area contributed by atoms with Crippen molar-refractivity contribution >= 4 is 11.6 Å². The van der Waals surface area contributed by atoms with E-state index in [9.17, 15) is 0 Å². The van der Waals surface area contributed by atoms with Gasteiger partial charge >= 0.3 is 0 Å². The monoisotopic (exact) mass is 217 g/mol. The Bertz CT molecular complexity index is 537. The minimum atomic E-state index is 0.234. The molecule has 15 heavy (non-hydrogen) atoms. The summed E-state index contributed by atoms with van der Waals surface area (Å²) >= 11 is 5.96. The summed E-state index contributed by atoms with van der Waals surface area (Å²) in [5.74, 6) is 0.234. The van der Waals surface area contributed by atoms with E-state index in [-0.39, 0.29) is 5.82 Å². The molecular formula is C11H8ClN3. The maximum atomic E-state index is 8.69. The zero-order valence-corrected chi connectivity index (χ0v) is 8.84. The second-order valence-electron chi connectivity index (χ2n) is 3.17. The number of aryl methyl sites for hydroxylation is 1. The van der Waals surface area contributed by atoms with Crippen molar-refractivity contribution < 1.29 is 0 Å². The van der Waals surface area contributed by atoms with Gasteiger partial charge in [-0.3, -0.25) is 0 Å². The Labute approximate surface area is 92.3 Å². The van der Waals surface area contributed by atoms with Crippen LogP contribution in [0.15, 0.2) is 24.3 Å². The number of rotatable bonds is 1. The highest BCUT2D eigenvalue weighted by Crippen LogP contribution is 2.27. The topological polar surface area (TPSA) is 52.5 Å². The molecule has 0 fully saturated rings. The third-order valence-corrected chi connectivity index (χ3v) is 2.44. The standard InChI is InChI=1S/C11H8ClN3/c1-7-4-2-3-5-8(7)10-11(12)15-9(6-13)14-10/h2-5H,1H3,(H,14,15). The van der Waals surface area contributed by atoms with E-state index >= 15 is 0 Å². The molecular weight excluding hydrogens is 210 g/mol. The average molecular weight is 218 g/mol. The molecule has 0 amide bonds. The van der Waals surface area contributed by atoms with Crippen molar-refractivity contribution in [2.24, 2.45) is 0 Å². The maximum absolute atomic E-state index is 8.69. The van der Waals surface area contributed by atoms with Crippen LogP contribution < -0.4 is 0 Å². The maximum Gasteiger partial charge on any atom is 0.211 e. The van der Waals surface area contributed by atoms with E-state index in [1.165, 1.54) is 0 Å². The summed E-state index contributed by atoms with van der Waals surface area (Å²) in [6.45, 7) is 1.98. The van der Waals surface area contributed by atoms with Crippen LogP contribution in [0.4, 0.5) is 0 Å². The Hall–Kier alpha value is -1.79. The predicted octanol–water partition coefficient (Wildman–Crippen LogP) is 2.91. The summed E-state index contributed by atoms with van der Waals surface area (Å²) in [6, 6.07) is 9.70. The van der Waals surface area contributed by atoms with Gasteiger partial charge in [-0.1, -0.05) is 35.9 Å². The molecule has 0 radical (unpaired) electrons. The van der Waals surface area contributed by atoms with Gasteiger partial charge in [0.05, 0.1) is 0 Å². The fourth-order valence-corrected chi connectivity index (χ4v) is 1.66. The first-order valence-electron chi connectivity index (χ1n) is 4.44. The first-order chi connectivity index (χ1) is 7.22. The van der Waals surface area contributed by atoms with Crippen LogP contribution in [-0.2, 0) is 0 Å². The molecule has 0 bridgehead atoms.